The van der Waals surface area contributed by atoms with Crippen LogP contribution in [0.2, 0.25) is 0 Å². The van der Waals surface area contributed by atoms with Crippen molar-refractivity contribution in [1.29, 1.82) is 0 Å². The van der Waals surface area contributed by atoms with Crippen LogP contribution in [0.4, 0.5) is 4.79 Å². The van der Waals surface area contributed by atoms with Gasteiger partial charge in [-0.15, -0.1) is 6.58 Å². The van der Waals surface area contributed by atoms with E-state index in [1.54, 1.807) is 20.8 Å². The molecular weight excluding hydrogens is 318 g/mol. The van der Waals surface area contributed by atoms with E-state index in [9.17, 15) is 19.5 Å². The zero-order valence-electron chi connectivity index (χ0n) is 14.8. The number of rotatable bonds is 8. The van der Waals surface area contributed by atoms with Gasteiger partial charge in [-0.25, -0.2) is 9.59 Å². The van der Waals surface area contributed by atoms with Gasteiger partial charge in [-0.1, -0.05) is 6.08 Å². The van der Waals surface area contributed by atoms with Crippen LogP contribution >= 0.6 is 0 Å². The van der Waals surface area contributed by atoms with Crippen LogP contribution < -0.4 is 5.32 Å². The number of carbonyl (C=O) groups excluding carboxylic acids is 3. The van der Waals surface area contributed by atoms with Gasteiger partial charge in [0.25, 0.3) is 0 Å². The van der Waals surface area contributed by atoms with Gasteiger partial charge < -0.3 is 24.6 Å². The van der Waals surface area contributed by atoms with Gasteiger partial charge in [-0.05, 0) is 27.2 Å². The van der Waals surface area contributed by atoms with Crippen LogP contribution in [0, 0.1) is 11.8 Å². The van der Waals surface area contributed by atoms with Crippen LogP contribution in [0.1, 0.15) is 27.2 Å². The molecule has 0 spiro atoms. The molecule has 1 amide bonds. The fourth-order valence-electron chi connectivity index (χ4n) is 2.02. The topological polar surface area (TPSA) is 111 Å². The summed E-state index contributed by atoms with van der Waals surface area (Å²) >= 11 is 0. The zero-order valence-corrected chi connectivity index (χ0v) is 14.8. The second kappa shape index (κ2) is 9.92. The maximum absolute atomic E-state index is 12.0. The molecule has 0 saturated carbocycles. The smallest absolute Gasteiger partial charge is 0.408 e. The molecule has 0 aromatic rings. The van der Waals surface area contributed by atoms with E-state index in [1.807, 2.05) is 0 Å². The van der Waals surface area contributed by atoms with E-state index in [4.69, 9.17) is 9.47 Å². The SMILES string of the molecule is C=C[C@@H](CO)[C@@H](C[C@H](NC(=O)OC(C)(C)C)C(=O)OC)C(=O)OC. The number of amides is 1. The largest absolute Gasteiger partial charge is 0.469 e. The van der Waals surface area contributed by atoms with E-state index >= 15 is 0 Å². The van der Waals surface area contributed by atoms with E-state index in [-0.39, 0.29) is 13.0 Å². The number of methoxy groups -OCH3 is 2. The number of ether oxygens (including phenoxy) is 3. The van der Waals surface area contributed by atoms with Gasteiger partial charge in [-0.3, -0.25) is 4.79 Å². The van der Waals surface area contributed by atoms with Crippen LogP contribution in [-0.2, 0) is 23.8 Å². The zero-order chi connectivity index (χ0) is 18.9. The first kappa shape index (κ1) is 21.9. The van der Waals surface area contributed by atoms with E-state index in [2.05, 4.69) is 16.6 Å². The number of alkyl carbamates (subject to hydrolysis) is 1. The molecule has 2 N–H and O–H groups in total. The van der Waals surface area contributed by atoms with Crippen LogP contribution in [0.15, 0.2) is 12.7 Å². The molecule has 8 heteroatoms. The van der Waals surface area contributed by atoms with Crippen molar-refractivity contribution in [1.82, 2.24) is 5.32 Å². The predicted octanol–water partition coefficient (Wildman–Crippen LogP) is 1.03. The van der Waals surface area contributed by atoms with Gasteiger partial charge in [-0.2, -0.15) is 0 Å². The highest BCUT2D eigenvalue weighted by Gasteiger charge is 2.34. The third kappa shape index (κ3) is 7.45. The van der Waals surface area contributed by atoms with Gasteiger partial charge in [0.05, 0.1) is 26.7 Å². The van der Waals surface area contributed by atoms with Gasteiger partial charge in [0.1, 0.15) is 11.6 Å². The molecule has 0 bridgehead atoms. The maximum atomic E-state index is 12.0. The van der Waals surface area contributed by atoms with Crippen molar-refractivity contribution in [2.75, 3.05) is 20.8 Å². The summed E-state index contributed by atoms with van der Waals surface area (Å²) in [7, 11) is 2.36. The van der Waals surface area contributed by atoms with Crippen LogP contribution in [0.25, 0.3) is 0 Å². The Morgan fingerprint density at radius 1 is 1.17 bits per heavy atom. The molecule has 0 unspecified atom stereocenters. The summed E-state index contributed by atoms with van der Waals surface area (Å²) in [5, 5.41) is 11.8. The first-order chi connectivity index (χ1) is 11.1. The summed E-state index contributed by atoms with van der Waals surface area (Å²) in [5.41, 5.74) is -0.749. The summed E-state index contributed by atoms with van der Waals surface area (Å²) in [4.78, 5) is 35.8. The van der Waals surface area contributed by atoms with Gasteiger partial charge in [0.15, 0.2) is 0 Å². The summed E-state index contributed by atoms with van der Waals surface area (Å²) in [6, 6.07) is -1.14. The molecule has 0 aromatic heterocycles. The molecule has 0 saturated heterocycles. The molecule has 0 aliphatic rings. The minimum atomic E-state index is -1.14. The minimum Gasteiger partial charge on any atom is -0.469 e. The number of nitrogens with one attached hydrogen (secondary N) is 1. The molecule has 138 valence electrons. The minimum absolute atomic E-state index is 0.129. The highest BCUT2D eigenvalue weighted by atomic mass is 16.6. The highest BCUT2D eigenvalue weighted by Crippen LogP contribution is 2.21. The third-order valence-corrected chi connectivity index (χ3v) is 3.20. The van der Waals surface area contributed by atoms with Crippen molar-refractivity contribution in [3.8, 4) is 0 Å². The fraction of sp³-hybridized carbons (Fsp3) is 0.688. The third-order valence-electron chi connectivity index (χ3n) is 3.20. The summed E-state index contributed by atoms with van der Waals surface area (Å²) in [6.45, 7) is 8.23. The molecular formula is C16H27NO7. The normalized spacial score (nSPS) is 14.8. The van der Waals surface area contributed by atoms with E-state index in [1.165, 1.54) is 13.2 Å². The first-order valence-electron chi connectivity index (χ1n) is 7.48. The second-order valence-electron chi connectivity index (χ2n) is 6.17. The quantitative estimate of drug-likeness (QED) is 0.384. The summed E-state index contributed by atoms with van der Waals surface area (Å²) in [6.07, 6.45) is 0.444. The maximum Gasteiger partial charge on any atom is 0.408 e. The Bertz CT molecular complexity index is 456. The lowest BCUT2D eigenvalue weighted by Gasteiger charge is -2.26. The van der Waals surface area contributed by atoms with Crippen molar-refractivity contribution in [3.05, 3.63) is 12.7 Å². The molecule has 0 aliphatic heterocycles. The lowest BCUT2D eigenvalue weighted by molar-refractivity contribution is -0.149. The fourth-order valence-corrected chi connectivity index (χ4v) is 2.02. The molecule has 24 heavy (non-hydrogen) atoms. The van der Waals surface area contributed by atoms with E-state index in [0.717, 1.165) is 7.11 Å². The van der Waals surface area contributed by atoms with Crippen molar-refractivity contribution < 1.29 is 33.7 Å². The Hall–Kier alpha value is -2.09. The molecule has 0 aromatic carbocycles. The van der Waals surface area contributed by atoms with Crippen molar-refractivity contribution in [2.24, 2.45) is 11.8 Å². The molecule has 0 radical (unpaired) electrons. The van der Waals surface area contributed by atoms with Crippen molar-refractivity contribution in [3.63, 3.8) is 0 Å². The average molecular weight is 345 g/mol. The van der Waals surface area contributed by atoms with E-state index in [0.29, 0.717) is 0 Å². The number of hydrogen-bond donors (Lipinski definition) is 2. The van der Waals surface area contributed by atoms with Crippen LogP contribution in [-0.4, -0.2) is 55.6 Å². The molecule has 0 fully saturated rings. The lowest BCUT2D eigenvalue weighted by Crippen LogP contribution is -2.46. The average Bonchev–Trinajstić information content (AvgIpc) is 2.50. The Kier molecular flexibility index (Phi) is 9.05. The Morgan fingerprint density at radius 3 is 2.08 bits per heavy atom. The summed E-state index contributed by atoms with van der Waals surface area (Å²) < 4.78 is 14.5. The highest BCUT2D eigenvalue weighted by molar-refractivity contribution is 5.82. The number of esters is 2. The van der Waals surface area contributed by atoms with Gasteiger partial charge >= 0.3 is 18.0 Å². The molecule has 0 heterocycles. The van der Waals surface area contributed by atoms with Crippen LogP contribution in [0.5, 0.6) is 0 Å². The summed E-state index contributed by atoms with van der Waals surface area (Å²) in [5.74, 6) is -2.88. The van der Waals surface area contributed by atoms with E-state index < -0.39 is 41.5 Å². The number of aliphatic hydroxyl groups is 1. The number of aliphatic hydroxyl groups excluding tert-OH is 1. The standard InChI is InChI=1S/C16H27NO7/c1-7-10(9-18)11(13(19)22-5)8-12(14(20)23-6)17-15(21)24-16(2,3)4/h7,10-12,18H,1,8-9H2,2-6H3,(H,17,21)/t10-,11+,12-/m0/s1. The Balaban J connectivity index is 5.27. The van der Waals surface area contributed by atoms with Crippen molar-refractivity contribution in [2.45, 2.75) is 38.8 Å². The molecule has 3 atom stereocenters. The molecule has 8 nitrogen and oxygen atoms in total. The molecule has 0 rings (SSSR count). The number of hydrogen-bond acceptors (Lipinski definition) is 7. The van der Waals surface area contributed by atoms with Gasteiger partial charge in [0.2, 0.25) is 0 Å². The first-order valence-corrected chi connectivity index (χ1v) is 7.48. The Morgan fingerprint density at radius 2 is 1.71 bits per heavy atom. The second-order valence-corrected chi connectivity index (χ2v) is 6.17. The number of carbonyl (C=O) groups is 3. The van der Waals surface area contributed by atoms with Crippen molar-refractivity contribution >= 4 is 18.0 Å². The monoisotopic (exact) mass is 345 g/mol. The predicted molar refractivity (Wildman–Crippen MR) is 86.1 cm³/mol. The van der Waals surface area contributed by atoms with Crippen LogP contribution in [0.3, 0.4) is 0 Å². The molecule has 0 aliphatic carbocycles. The lowest BCUT2D eigenvalue weighted by atomic mass is 9.87. The Labute approximate surface area is 142 Å². The van der Waals surface area contributed by atoms with Gasteiger partial charge in [0, 0.05) is 5.92 Å².